The van der Waals surface area contributed by atoms with E-state index in [4.69, 9.17) is 4.74 Å². The number of aliphatic carboxylic acids is 1. The first-order valence-electron chi connectivity index (χ1n) is 13.2. The number of ketones is 1. The van der Waals surface area contributed by atoms with Crippen LogP contribution in [0, 0.1) is 5.82 Å². The van der Waals surface area contributed by atoms with Crippen molar-refractivity contribution in [2.45, 2.75) is 31.0 Å². The molecule has 214 valence electrons. The van der Waals surface area contributed by atoms with Gasteiger partial charge in [0.05, 0.1) is 25.7 Å². The molecule has 0 saturated carbocycles. The summed E-state index contributed by atoms with van der Waals surface area (Å²) in [7, 11) is 1.59. The Morgan fingerprint density at radius 3 is 2.24 bits per heavy atom. The zero-order chi connectivity index (χ0) is 29.4. The Morgan fingerprint density at radius 1 is 0.976 bits per heavy atom. The maximum Gasteiger partial charge on any atom is 0.326 e. The van der Waals surface area contributed by atoms with Gasteiger partial charge in [0.25, 0.3) is 5.91 Å². The van der Waals surface area contributed by atoms with Crippen molar-refractivity contribution in [3.8, 4) is 5.75 Å². The van der Waals surface area contributed by atoms with Gasteiger partial charge in [-0.05, 0) is 55.4 Å². The molecule has 3 aromatic rings. The third-order valence-electron chi connectivity index (χ3n) is 6.83. The number of hydrogen-bond acceptors (Lipinski definition) is 6. The maximum absolute atomic E-state index is 13.4. The lowest BCUT2D eigenvalue weighted by Crippen LogP contribution is -2.49. The molecule has 1 saturated heterocycles. The second kappa shape index (κ2) is 13.7. The molecular weight excluding hydrogens is 529 g/mol. The van der Waals surface area contributed by atoms with E-state index in [9.17, 15) is 28.7 Å². The van der Waals surface area contributed by atoms with Crippen molar-refractivity contribution in [2.75, 3.05) is 26.7 Å². The van der Waals surface area contributed by atoms with Crippen LogP contribution in [0.2, 0.25) is 0 Å². The second-order valence-corrected chi connectivity index (χ2v) is 10.1. The van der Waals surface area contributed by atoms with E-state index in [1.54, 1.807) is 37.4 Å². The highest BCUT2D eigenvalue weighted by molar-refractivity contribution is 5.98. The Balaban J connectivity index is 1.38. The van der Waals surface area contributed by atoms with Gasteiger partial charge in [-0.15, -0.1) is 0 Å². The number of Topliss-reactive ketones (excluding diaryl/α,β-unsaturated/α-hetero) is 1. The molecule has 0 spiro atoms. The van der Waals surface area contributed by atoms with Crippen molar-refractivity contribution < 1.29 is 33.4 Å². The smallest absolute Gasteiger partial charge is 0.326 e. The van der Waals surface area contributed by atoms with Crippen molar-refractivity contribution in [1.29, 1.82) is 0 Å². The second-order valence-electron chi connectivity index (χ2n) is 10.1. The summed E-state index contributed by atoms with van der Waals surface area (Å²) in [5, 5.41) is 12.5. The monoisotopic (exact) mass is 561 g/mol. The van der Waals surface area contributed by atoms with Gasteiger partial charge in [0.2, 0.25) is 5.91 Å². The molecule has 4 rings (SSSR count). The summed E-state index contributed by atoms with van der Waals surface area (Å²) < 4.78 is 19.0. The Kier molecular flexibility index (Phi) is 9.81. The van der Waals surface area contributed by atoms with Crippen LogP contribution < -0.4 is 10.1 Å². The van der Waals surface area contributed by atoms with E-state index in [0.717, 1.165) is 5.56 Å². The van der Waals surface area contributed by atoms with Crippen LogP contribution in [0.5, 0.6) is 5.75 Å². The lowest BCUT2D eigenvalue weighted by molar-refractivity contribution is -0.148. The number of likely N-dealkylation sites (tertiary alicyclic amines) is 1. The zero-order valence-electron chi connectivity index (χ0n) is 22.6. The van der Waals surface area contributed by atoms with Gasteiger partial charge in [0.1, 0.15) is 23.7 Å². The quantitative estimate of drug-likeness (QED) is 0.349. The largest absolute Gasteiger partial charge is 0.488 e. The van der Waals surface area contributed by atoms with Gasteiger partial charge in [-0.25, -0.2) is 9.18 Å². The van der Waals surface area contributed by atoms with E-state index < -0.39 is 35.9 Å². The van der Waals surface area contributed by atoms with Crippen LogP contribution in [0.15, 0.2) is 84.9 Å². The fourth-order valence-electron chi connectivity index (χ4n) is 4.78. The van der Waals surface area contributed by atoms with Crippen LogP contribution in [0.1, 0.15) is 22.3 Å². The van der Waals surface area contributed by atoms with Crippen molar-refractivity contribution >= 4 is 23.6 Å². The van der Waals surface area contributed by atoms with Crippen LogP contribution in [0.4, 0.5) is 4.39 Å². The number of carboxylic acid groups (broad SMARTS) is 1. The highest BCUT2D eigenvalue weighted by Gasteiger charge is 2.41. The molecule has 1 fully saturated rings. The minimum Gasteiger partial charge on any atom is -0.488 e. The highest BCUT2D eigenvalue weighted by Crippen LogP contribution is 2.24. The van der Waals surface area contributed by atoms with Crippen LogP contribution >= 0.6 is 0 Å². The van der Waals surface area contributed by atoms with Crippen molar-refractivity contribution in [3.05, 3.63) is 102 Å². The van der Waals surface area contributed by atoms with Gasteiger partial charge >= 0.3 is 5.97 Å². The molecule has 0 aliphatic carbocycles. The number of carboxylic acids is 1. The van der Waals surface area contributed by atoms with Gasteiger partial charge in [0.15, 0.2) is 5.78 Å². The van der Waals surface area contributed by atoms with E-state index in [0.29, 0.717) is 11.3 Å². The summed E-state index contributed by atoms with van der Waals surface area (Å²) in [5.74, 6) is -2.35. The minimum atomic E-state index is -1.16. The van der Waals surface area contributed by atoms with Crippen molar-refractivity contribution in [3.63, 3.8) is 0 Å². The zero-order valence-corrected chi connectivity index (χ0v) is 22.6. The topological polar surface area (TPSA) is 116 Å². The molecule has 41 heavy (non-hydrogen) atoms. The van der Waals surface area contributed by atoms with Crippen LogP contribution in [0.3, 0.4) is 0 Å². The van der Waals surface area contributed by atoms with E-state index in [-0.39, 0.29) is 44.2 Å². The number of nitrogens with one attached hydrogen (secondary N) is 1. The number of hydrogen-bond donors (Lipinski definition) is 2. The molecule has 3 aromatic carbocycles. The number of likely N-dealkylation sites (N-methyl/N-ethyl adjacent to an activating group) is 1. The maximum atomic E-state index is 13.4. The van der Waals surface area contributed by atoms with Gasteiger partial charge < -0.3 is 20.1 Å². The summed E-state index contributed by atoms with van der Waals surface area (Å²) in [6.07, 6.45) is -0.234. The molecule has 0 bridgehead atoms. The molecule has 1 aliphatic rings. The summed E-state index contributed by atoms with van der Waals surface area (Å²) >= 11 is 0. The number of carbonyl (C=O) groups excluding carboxylic acids is 3. The van der Waals surface area contributed by atoms with E-state index in [1.165, 1.54) is 34.1 Å². The van der Waals surface area contributed by atoms with Gasteiger partial charge in [-0.3, -0.25) is 19.3 Å². The molecule has 0 radical (unpaired) electrons. The fraction of sp³-hybridized carbons (Fsp3) is 0.290. The Morgan fingerprint density at radius 2 is 1.61 bits per heavy atom. The number of halogens is 1. The highest BCUT2D eigenvalue weighted by atomic mass is 19.1. The number of benzene rings is 3. The van der Waals surface area contributed by atoms with Crippen LogP contribution in [-0.2, 0) is 20.8 Å². The number of ether oxygens (including phenoxy) is 1. The van der Waals surface area contributed by atoms with Crippen LogP contribution in [-0.4, -0.2) is 83.3 Å². The molecule has 9 nitrogen and oxygen atoms in total. The molecular formula is C31H32FN3O6. The van der Waals surface area contributed by atoms with E-state index in [2.05, 4.69) is 5.32 Å². The van der Waals surface area contributed by atoms with Gasteiger partial charge in [0, 0.05) is 12.0 Å². The SMILES string of the molecule is CN(CC(=O)C(Cc1ccccc1)NC(=O)c1ccccc1)CC(=O)N1C[C@@H](Oc2ccc(F)cc2)C[C@H]1C(=O)O. The first-order chi connectivity index (χ1) is 19.7. The number of nitrogens with zero attached hydrogens (tertiary/aromatic N) is 2. The Bertz CT molecular complexity index is 1350. The average Bonchev–Trinajstić information content (AvgIpc) is 3.39. The normalized spacial score (nSPS) is 17.2. The number of carbonyl (C=O) groups is 4. The molecule has 2 N–H and O–H groups in total. The average molecular weight is 562 g/mol. The standard InChI is InChI=1S/C31H32FN3O6/c1-34(20-29(37)35-18-25(17-27(35)31(39)40)41-24-14-12-23(32)13-15-24)19-28(36)26(16-21-8-4-2-5-9-21)33-30(38)22-10-6-3-7-11-22/h2-15,25-27H,16-20H2,1H3,(H,33,38)(H,39,40)/t25-,26?,27-/m0/s1. The summed E-state index contributed by atoms with van der Waals surface area (Å²) in [4.78, 5) is 54.0. The summed E-state index contributed by atoms with van der Waals surface area (Å²) in [5.41, 5.74) is 1.29. The fourth-order valence-corrected chi connectivity index (χ4v) is 4.78. The van der Waals surface area contributed by atoms with E-state index in [1.807, 2.05) is 30.3 Å². The Hall–Kier alpha value is -4.57. The third-order valence-corrected chi connectivity index (χ3v) is 6.83. The lowest BCUT2D eigenvalue weighted by atomic mass is 10.0. The number of rotatable bonds is 12. The molecule has 1 aliphatic heterocycles. The van der Waals surface area contributed by atoms with Crippen LogP contribution in [0.25, 0.3) is 0 Å². The molecule has 10 heteroatoms. The summed E-state index contributed by atoms with van der Waals surface area (Å²) in [6, 6.07) is 21.3. The molecule has 3 atom stereocenters. The van der Waals surface area contributed by atoms with Crippen molar-refractivity contribution in [1.82, 2.24) is 15.1 Å². The molecule has 1 heterocycles. The molecule has 1 unspecified atom stereocenters. The minimum absolute atomic E-state index is 0.0404. The van der Waals surface area contributed by atoms with Gasteiger partial charge in [-0.2, -0.15) is 0 Å². The molecule has 0 aromatic heterocycles. The predicted molar refractivity (Wildman–Crippen MR) is 149 cm³/mol. The predicted octanol–water partition coefficient (Wildman–Crippen LogP) is 2.80. The lowest BCUT2D eigenvalue weighted by Gasteiger charge is -2.25. The third kappa shape index (κ3) is 8.21. The Labute approximate surface area is 237 Å². The summed E-state index contributed by atoms with van der Waals surface area (Å²) in [6.45, 7) is -0.304. The van der Waals surface area contributed by atoms with Gasteiger partial charge in [-0.1, -0.05) is 48.5 Å². The number of amides is 2. The first-order valence-corrected chi connectivity index (χ1v) is 13.2. The first kappa shape index (κ1) is 29.4. The molecule has 2 amide bonds. The van der Waals surface area contributed by atoms with E-state index >= 15 is 0 Å². The van der Waals surface area contributed by atoms with Crippen molar-refractivity contribution in [2.24, 2.45) is 0 Å².